The SMILES string of the molecule is C[C@@H]1CNCCN1C(=O)CC1CCCCCC1. The third kappa shape index (κ3) is 3.70. The van der Waals surface area contributed by atoms with Crippen LogP contribution in [0.5, 0.6) is 0 Å². The van der Waals surface area contributed by atoms with Gasteiger partial charge in [0.15, 0.2) is 0 Å². The number of piperazine rings is 1. The second kappa shape index (κ2) is 6.39. The van der Waals surface area contributed by atoms with Crippen LogP contribution >= 0.6 is 0 Å². The number of nitrogens with one attached hydrogen (secondary N) is 1. The molecule has 2 fully saturated rings. The number of rotatable bonds is 2. The Morgan fingerprint density at radius 2 is 1.94 bits per heavy atom. The van der Waals surface area contributed by atoms with E-state index >= 15 is 0 Å². The number of hydrogen-bond acceptors (Lipinski definition) is 2. The monoisotopic (exact) mass is 238 g/mol. The summed E-state index contributed by atoms with van der Waals surface area (Å²) in [6.45, 7) is 4.96. The van der Waals surface area contributed by atoms with Crippen LogP contribution in [0.25, 0.3) is 0 Å². The molecule has 0 aromatic heterocycles. The first-order chi connectivity index (χ1) is 8.27. The van der Waals surface area contributed by atoms with Crippen LogP contribution in [-0.2, 0) is 4.79 Å². The van der Waals surface area contributed by atoms with E-state index in [0.717, 1.165) is 26.1 Å². The second-order valence-electron chi connectivity index (χ2n) is 5.70. The normalized spacial score (nSPS) is 27.8. The Morgan fingerprint density at radius 1 is 1.24 bits per heavy atom. The van der Waals surface area contributed by atoms with Crippen molar-refractivity contribution in [1.82, 2.24) is 10.2 Å². The van der Waals surface area contributed by atoms with E-state index in [9.17, 15) is 4.79 Å². The molecule has 0 aromatic rings. The minimum Gasteiger partial charge on any atom is -0.337 e. The molecule has 17 heavy (non-hydrogen) atoms. The van der Waals surface area contributed by atoms with Crippen LogP contribution in [0.3, 0.4) is 0 Å². The first-order valence-electron chi connectivity index (χ1n) is 7.27. The molecule has 98 valence electrons. The maximum atomic E-state index is 12.3. The molecule has 2 rings (SSSR count). The van der Waals surface area contributed by atoms with Crippen LogP contribution < -0.4 is 5.32 Å². The molecular formula is C14H26N2O. The summed E-state index contributed by atoms with van der Waals surface area (Å²) >= 11 is 0. The van der Waals surface area contributed by atoms with Gasteiger partial charge in [-0.05, 0) is 25.7 Å². The van der Waals surface area contributed by atoms with Crippen LogP contribution in [0, 0.1) is 5.92 Å². The lowest BCUT2D eigenvalue weighted by Gasteiger charge is -2.35. The molecule has 2 aliphatic rings. The highest BCUT2D eigenvalue weighted by Crippen LogP contribution is 2.26. The van der Waals surface area contributed by atoms with E-state index in [1.54, 1.807) is 0 Å². The Balaban J connectivity index is 1.82. The first-order valence-corrected chi connectivity index (χ1v) is 7.27. The van der Waals surface area contributed by atoms with Gasteiger partial charge in [0.1, 0.15) is 0 Å². The molecule has 3 heteroatoms. The molecule has 1 N–H and O–H groups in total. The quantitative estimate of drug-likeness (QED) is 0.748. The summed E-state index contributed by atoms with van der Waals surface area (Å²) < 4.78 is 0. The highest BCUT2D eigenvalue weighted by Gasteiger charge is 2.25. The molecular weight excluding hydrogens is 212 g/mol. The van der Waals surface area contributed by atoms with Gasteiger partial charge < -0.3 is 10.2 Å². The molecule has 0 spiro atoms. The predicted octanol–water partition coefficient (Wildman–Crippen LogP) is 2.17. The van der Waals surface area contributed by atoms with Crippen molar-refractivity contribution in [3.8, 4) is 0 Å². The van der Waals surface area contributed by atoms with Gasteiger partial charge in [-0.3, -0.25) is 4.79 Å². The van der Waals surface area contributed by atoms with Crippen LogP contribution in [0.15, 0.2) is 0 Å². The highest BCUT2D eigenvalue weighted by atomic mass is 16.2. The van der Waals surface area contributed by atoms with Crippen molar-refractivity contribution in [2.75, 3.05) is 19.6 Å². The molecule has 1 aliphatic carbocycles. The fourth-order valence-corrected chi connectivity index (χ4v) is 3.14. The van der Waals surface area contributed by atoms with E-state index < -0.39 is 0 Å². The van der Waals surface area contributed by atoms with E-state index in [2.05, 4.69) is 17.1 Å². The lowest BCUT2D eigenvalue weighted by Crippen LogP contribution is -2.52. The zero-order chi connectivity index (χ0) is 12.1. The number of carbonyl (C=O) groups excluding carboxylic acids is 1. The van der Waals surface area contributed by atoms with Crippen molar-refractivity contribution in [2.45, 2.75) is 57.9 Å². The fraction of sp³-hybridized carbons (Fsp3) is 0.929. The summed E-state index contributed by atoms with van der Waals surface area (Å²) in [6.07, 6.45) is 8.73. The van der Waals surface area contributed by atoms with Gasteiger partial charge in [0.05, 0.1) is 0 Å². The van der Waals surface area contributed by atoms with E-state index in [1.165, 1.54) is 38.5 Å². The lowest BCUT2D eigenvalue weighted by molar-refractivity contribution is -0.135. The second-order valence-corrected chi connectivity index (χ2v) is 5.70. The highest BCUT2D eigenvalue weighted by molar-refractivity contribution is 5.77. The van der Waals surface area contributed by atoms with Crippen molar-refractivity contribution < 1.29 is 4.79 Å². The zero-order valence-corrected chi connectivity index (χ0v) is 11.1. The van der Waals surface area contributed by atoms with Gasteiger partial charge >= 0.3 is 0 Å². The van der Waals surface area contributed by atoms with Crippen molar-refractivity contribution in [1.29, 1.82) is 0 Å². The minimum atomic E-state index is 0.377. The molecule has 1 aliphatic heterocycles. The van der Waals surface area contributed by atoms with Gasteiger partial charge in [-0.15, -0.1) is 0 Å². The summed E-state index contributed by atoms with van der Waals surface area (Å²) in [7, 11) is 0. The van der Waals surface area contributed by atoms with Crippen molar-refractivity contribution in [3.05, 3.63) is 0 Å². The number of amides is 1. The van der Waals surface area contributed by atoms with E-state index in [-0.39, 0.29) is 0 Å². The van der Waals surface area contributed by atoms with Gasteiger partial charge in [0, 0.05) is 32.1 Å². The van der Waals surface area contributed by atoms with Crippen molar-refractivity contribution >= 4 is 5.91 Å². The third-order valence-electron chi connectivity index (χ3n) is 4.26. The molecule has 1 saturated carbocycles. The minimum absolute atomic E-state index is 0.377. The average Bonchev–Trinajstić information content (AvgIpc) is 2.58. The summed E-state index contributed by atoms with van der Waals surface area (Å²) in [5.74, 6) is 1.05. The smallest absolute Gasteiger partial charge is 0.223 e. The van der Waals surface area contributed by atoms with E-state index in [0.29, 0.717) is 17.9 Å². The summed E-state index contributed by atoms with van der Waals surface area (Å²) in [5.41, 5.74) is 0. The molecule has 0 bridgehead atoms. The molecule has 1 heterocycles. The lowest BCUT2D eigenvalue weighted by atomic mass is 9.95. The van der Waals surface area contributed by atoms with Crippen LogP contribution in [0.4, 0.5) is 0 Å². The average molecular weight is 238 g/mol. The molecule has 1 amide bonds. The van der Waals surface area contributed by atoms with Gasteiger partial charge in [-0.2, -0.15) is 0 Å². The van der Waals surface area contributed by atoms with Crippen molar-refractivity contribution in [3.63, 3.8) is 0 Å². The molecule has 1 saturated heterocycles. The van der Waals surface area contributed by atoms with Gasteiger partial charge in [-0.25, -0.2) is 0 Å². The topological polar surface area (TPSA) is 32.3 Å². The van der Waals surface area contributed by atoms with E-state index in [4.69, 9.17) is 0 Å². The number of nitrogens with zero attached hydrogens (tertiary/aromatic N) is 1. The third-order valence-corrected chi connectivity index (χ3v) is 4.26. The first kappa shape index (κ1) is 12.9. The van der Waals surface area contributed by atoms with Crippen LogP contribution in [-0.4, -0.2) is 36.5 Å². The Hall–Kier alpha value is -0.570. The summed E-state index contributed by atoms with van der Waals surface area (Å²) in [5, 5.41) is 3.34. The standard InChI is InChI=1S/C14H26N2O/c1-12-11-15-8-9-16(12)14(17)10-13-6-4-2-3-5-7-13/h12-13,15H,2-11H2,1H3/t12-/m1/s1. The Morgan fingerprint density at radius 3 is 2.59 bits per heavy atom. The Labute approximate surface area is 105 Å². The Kier molecular flexibility index (Phi) is 4.84. The molecule has 0 radical (unpaired) electrons. The van der Waals surface area contributed by atoms with Crippen LogP contribution in [0.1, 0.15) is 51.9 Å². The maximum absolute atomic E-state index is 12.3. The predicted molar refractivity (Wildman–Crippen MR) is 69.9 cm³/mol. The van der Waals surface area contributed by atoms with Gasteiger partial charge in [0.25, 0.3) is 0 Å². The molecule has 1 atom stereocenters. The zero-order valence-electron chi connectivity index (χ0n) is 11.1. The summed E-state index contributed by atoms with van der Waals surface area (Å²) in [4.78, 5) is 14.4. The number of hydrogen-bond donors (Lipinski definition) is 1. The maximum Gasteiger partial charge on any atom is 0.223 e. The van der Waals surface area contributed by atoms with Crippen LogP contribution in [0.2, 0.25) is 0 Å². The van der Waals surface area contributed by atoms with E-state index in [1.807, 2.05) is 0 Å². The summed E-state index contributed by atoms with van der Waals surface area (Å²) in [6, 6.07) is 0.377. The van der Waals surface area contributed by atoms with Gasteiger partial charge in [-0.1, -0.05) is 25.7 Å². The number of carbonyl (C=O) groups is 1. The molecule has 0 unspecified atom stereocenters. The Bertz CT molecular complexity index is 247. The van der Waals surface area contributed by atoms with Crippen molar-refractivity contribution in [2.24, 2.45) is 5.92 Å². The molecule has 3 nitrogen and oxygen atoms in total. The van der Waals surface area contributed by atoms with Gasteiger partial charge in [0.2, 0.25) is 5.91 Å². The fourth-order valence-electron chi connectivity index (χ4n) is 3.14. The largest absolute Gasteiger partial charge is 0.337 e. The molecule has 0 aromatic carbocycles.